The van der Waals surface area contributed by atoms with Gasteiger partial charge in [0.15, 0.2) is 5.65 Å². The highest BCUT2D eigenvalue weighted by atomic mass is 127. The largest absolute Gasteiger partial charge is 0.465 e. The Balaban J connectivity index is 1.71. The van der Waals surface area contributed by atoms with E-state index < -0.39 is 26.4 Å². The van der Waals surface area contributed by atoms with E-state index in [2.05, 4.69) is 52.5 Å². The average Bonchev–Trinajstić information content (AvgIpc) is 2.95. The summed E-state index contributed by atoms with van der Waals surface area (Å²) in [5.41, 5.74) is 1.50. The van der Waals surface area contributed by atoms with Crippen LogP contribution in [0.4, 0.5) is 15.0 Å². The van der Waals surface area contributed by atoms with Crippen molar-refractivity contribution in [2.75, 3.05) is 24.6 Å². The monoisotopic (exact) mass is 535 g/mol. The number of nitrogens with one attached hydrogen (secondary N) is 1. The molecule has 0 aromatic carbocycles. The molecule has 0 spiro atoms. The number of alkyl halides is 1. The van der Waals surface area contributed by atoms with Gasteiger partial charge in [0, 0.05) is 27.4 Å². The van der Waals surface area contributed by atoms with Crippen molar-refractivity contribution >= 4 is 53.7 Å². The van der Waals surface area contributed by atoms with Crippen LogP contribution in [0.3, 0.4) is 0 Å². The zero-order chi connectivity index (χ0) is 21.2. The van der Waals surface area contributed by atoms with E-state index in [0.29, 0.717) is 37.8 Å². The third-order valence-corrected chi connectivity index (χ3v) is 7.40. The van der Waals surface area contributed by atoms with Gasteiger partial charge < -0.3 is 24.6 Å². The molecule has 0 aliphatic carbocycles. The van der Waals surface area contributed by atoms with Gasteiger partial charge in [0.25, 0.3) is 0 Å². The molecule has 2 N–H and O–H groups in total. The van der Waals surface area contributed by atoms with Crippen LogP contribution in [0.5, 0.6) is 0 Å². The third-order valence-electron chi connectivity index (χ3n) is 4.91. The molecule has 2 atom stereocenters. The Morgan fingerprint density at radius 1 is 1.48 bits per heavy atom. The number of carboxylic acid groups (broad SMARTS) is 1. The van der Waals surface area contributed by atoms with Gasteiger partial charge >= 0.3 is 6.09 Å². The summed E-state index contributed by atoms with van der Waals surface area (Å²) >= 11 is 2.23. The predicted molar refractivity (Wildman–Crippen MR) is 121 cm³/mol. The van der Waals surface area contributed by atoms with E-state index in [9.17, 15) is 9.18 Å². The molecule has 2 aromatic rings. The topological polar surface area (TPSA) is 92.5 Å². The lowest BCUT2D eigenvalue weighted by Crippen LogP contribution is -2.52. The van der Waals surface area contributed by atoms with Crippen molar-refractivity contribution in [2.45, 2.75) is 51.1 Å². The summed E-state index contributed by atoms with van der Waals surface area (Å²) in [6.07, 6.45) is 1.50. The van der Waals surface area contributed by atoms with Crippen LogP contribution in [0.15, 0.2) is 12.4 Å². The number of piperidine rings is 1. The van der Waals surface area contributed by atoms with Crippen LogP contribution in [0.1, 0.15) is 6.42 Å². The summed E-state index contributed by atoms with van der Waals surface area (Å²) < 4.78 is 23.2. The number of anilines is 1. The molecule has 0 saturated carbocycles. The second-order valence-electron chi connectivity index (χ2n) is 8.50. The maximum Gasteiger partial charge on any atom is 0.404 e. The zero-order valence-corrected chi connectivity index (χ0v) is 20.0. The first-order chi connectivity index (χ1) is 13.6. The van der Waals surface area contributed by atoms with Crippen LogP contribution >= 0.6 is 22.6 Å². The van der Waals surface area contributed by atoms with E-state index in [4.69, 9.17) is 14.8 Å². The standard InChI is InChI=1S/C18H27FIN5O3Si/c1-29(2,3)7-6-28-11-25-10-13(20)16-17(25)23-15(8-21-16)24-5-4-14(12(19)9-24)22-18(26)27/h8,10,12,14,22H,4-7,9,11H2,1-3H3,(H,26,27)/t12-,14-/m0/s1. The fourth-order valence-corrected chi connectivity index (χ4v) is 4.70. The number of carbonyl (C=O) groups is 1. The highest BCUT2D eigenvalue weighted by Crippen LogP contribution is 2.25. The van der Waals surface area contributed by atoms with E-state index in [1.54, 1.807) is 6.20 Å². The molecule has 11 heteroatoms. The number of ether oxygens (including phenoxy) is 1. The molecule has 1 aliphatic heterocycles. The lowest BCUT2D eigenvalue weighted by molar-refractivity contribution is 0.0898. The predicted octanol–water partition coefficient (Wildman–Crippen LogP) is 3.53. The normalized spacial score (nSPS) is 20.2. The number of nitrogens with zero attached hydrogens (tertiary/aromatic N) is 4. The molecular weight excluding hydrogens is 508 g/mol. The van der Waals surface area contributed by atoms with Crippen LogP contribution in [0, 0.1) is 3.57 Å². The maximum atomic E-state index is 14.4. The average molecular weight is 535 g/mol. The quantitative estimate of drug-likeness (QED) is 0.320. The molecule has 8 nitrogen and oxygen atoms in total. The van der Waals surface area contributed by atoms with Crippen LogP contribution < -0.4 is 10.2 Å². The van der Waals surface area contributed by atoms with Gasteiger partial charge in [-0.15, -0.1) is 0 Å². The van der Waals surface area contributed by atoms with Crippen LogP contribution in [-0.4, -0.2) is 65.7 Å². The van der Waals surface area contributed by atoms with Gasteiger partial charge in [-0.1, -0.05) is 19.6 Å². The minimum Gasteiger partial charge on any atom is -0.465 e. The van der Waals surface area contributed by atoms with E-state index in [1.165, 1.54) is 0 Å². The summed E-state index contributed by atoms with van der Waals surface area (Å²) in [6.45, 7) is 8.65. The zero-order valence-electron chi connectivity index (χ0n) is 16.9. The van der Waals surface area contributed by atoms with Crippen LogP contribution in [-0.2, 0) is 11.5 Å². The Kier molecular flexibility index (Phi) is 6.99. The van der Waals surface area contributed by atoms with Crippen molar-refractivity contribution in [2.24, 2.45) is 0 Å². The second kappa shape index (κ2) is 9.12. The van der Waals surface area contributed by atoms with Gasteiger partial charge in [0.1, 0.15) is 24.2 Å². The molecule has 2 aromatic heterocycles. The first kappa shape index (κ1) is 22.2. The molecule has 3 rings (SSSR count). The van der Waals surface area contributed by atoms with Gasteiger partial charge in [-0.3, -0.25) is 0 Å². The molecule has 1 fully saturated rings. The highest BCUT2D eigenvalue weighted by Gasteiger charge is 2.31. The van der Waals surface area contributed by atoms with Crippen molar-refractivity contribution in [3.05, 3.63) is 16.0 Å². The van der Waals surface area contributed by atoms with E-state index in [-0.39, 0.29) is 6.54 Å². The lowest BCUT2D eigenvalue weighted by Gasteiger charge is -2.35. The number of fused-ring (bicyclic) bond motifs is 1. The number of hydrogen-bond donors (Lipinski definition) is 2. The molecule has 1 aliphatic rings. The molecule has 0 radical (unpaired) electrons. The van der Waals surface area contributed by atoms with Gasteiger partial charge in [-0.05, 0) is 35.1 Å². The Hall–Kier alpha value is -1.47. The van der Waals surface area contributed by atoms with Crippen LogP contribution in [0.2, 0.25) is 25.7 Å². The Morgan fingerprint density at radius 3 is 2.90 bits per heavy atom. The van der Waals surface area contributed by atoms with E-state index >= 15 is 0 Å². The van der Waals surface area contributed by atoms with Crippen molar-refractivity contribution in [3.63, 3.8) is 0 Å². The maximum absolute atomic E-state index is 14.4. The Labute approximate surface area is 184 Å². The summed E-state index contributed by atoms with van der Waals surface area (Å²) in [5, 5.41) is 11.1. The van der Waals surface area contributed by atoms with Crippen molar-refractivity contribution in [1.82, 2.24) is 19.9 Å². The summed E-state index contributed by atoms with van der Waals surface area (Å²) in [6, 6.07) is 0.405. The molecule has 3 heterocycles. The van der Waals surface area contributed by atoms with Gasteiger partial charge in [-0.25, -0.2) is 19.2 Å². The second-order valence-corrected chi connectivity index (χ2v) is 15.3. The highest BCUT2D eigenvalue weighted by molar-refractivity contribution is 14.1. The number of hydrogen-bond acceptors (Lipinski definition) is 5. The van der Waals surface area contributed by atoms with Crippen molar-refractivity contribution < 1.29 is 19.0 Å². The molecule has 29 heavy (non-hydrogen) atoms. The summed E-state index contributed by atoms with van der Waals surface area (Å²) in [5.74, 6) is 0.590. The van der Waals surface area contributed by atoms with Crippen molar-refractivity contribution in [1.29, 1.82) is 0 Å². The Morgan fingerprint density at radius 2 is 2.24 bits per heavy atom. The fourth-order valence-electron chi connectivity index (χ4n) is 3.22. The molecule has 1 amide bonds. The minimum absolute atomic E-state index is 0.0790. The number of aromatic nitrogens is 3. The lowest BCUT2D eigenvalue weighted by atomic mass is 10.0. The summed E-state index contributed by atoms with van der Waals surface area (Å²) in [4.78, 5) is 21.8. The minimum atomic E-state index is -1.30. The van der Waals surface area contributed by atoms with Gasteiger partial charge in [0.2, 0.25) is 0 Å². The molecular formula is C18H27FIN5O3Si. The van der Waals surface area contributed by atoms with Gasteiger partial charge in [0.05, 0.1) is 22.4 Å². The SMILES string of the molecule is C[Si](C)(C)CCOCn1cc(I)c2ncc(N3CC[C@H](NC(=O)O)[C@@H](F)C3)nc21. The van der Waals surface area contributed by atoms with Crippen LogP contribution in [0.25, 0.3) is 11.2 Å². The number of halogens is 2. The van der Waals surface area contributed by atoms with Gasteiger partial charge in [-0.2, -0.15) is 0 Å². The first-order valence-electron chi connectivity index (χ1n) is 9.61. The Bertz CT molecular complexity index is 875. The molecule has 0 unspecified atom stereocenters. The molecule has 0 bridgehead atoms. The first-order valence-corrected chi connectivity index (χ1v) is 14.4. The number of rotatable bonds is 7. The van der Waals surface area contributed by atoms with E-state index in [1.807, 2.05) is 15.7 Å². The molecule has 160 valence electrons. The van der Waals surface area contributed by atoms with E-state index in [0.717, 1.165) is 15.1 Å². The fraction of sp³-hybridized carbons (Fsp3) is 0.611. The van der Waals surface area contributed by atoms with Crippen molar-refractivity contribution in [3.8, 4) is 0 Å². The number of amides is 1. The smallest absolute Gasteiger partial charge is 0.404 e. The molecule has 1 saturated heterocycles. The summed E-state index contributed by atoms with van der Waals surface area (Å²) in [7, 11) is -1.15. The third kappa shape index (κ3) is 5.78.